The van der Waals surface area contributed by atoms with E-state index >= 15 is 0 Å². The van der Waals surface area contributed by atoms with E-state index in [1.807, 2.05) is 6.20 Å². The van der Waals surface area contributed by atoms with Gasteiger partial charge in [0, 0.05) is 40.4 Å². The third-order valence-corrected chi connectivity index (χ3v) is 6.10. The average molecular weight is 415 g/mol. The quantitative estimate of drug-likeness (QED) is 0.627. The summed E-state index contributed by atoms with van der Waals surface area (Å²) in [6.45, 7) is 7.85. The van der Waals surface area contributed by atoms with Crippen molar-refractivity contribution in [3.05, 3.63) is 52.4 Å². The number of rotatable bonds is 5. The average Bonchev–Trinajstić information content (AvgIpc) is 3.27. The van der Waals surface area contributed by atoms with Crippen LogP contribution in [0.15, 0.2) is 41.3 Å². The summed E-state index contributed by atoms with van der Waals surface area (Å²) in [5.41, 5.74) is 4.08. The number of aromatic nitrogens is 3. The molecule has 0 radical (unpaired) electrons. The van der Waals surface area contributed by atoms with Crippen LogP contribution in [-0.2, 0) is 6.42 Å². The number of benzene rings is 1. The largest absolute Gasteiger partial charge is 0.361 e. The molecule has 0 bridgehead atoms. The molecule has 4 nitrogen and oxygen atoms in total. The van der Waals surface area contributed by atoms with Gasteiger partial charge in [-0.05, 0) is 81.4 Å². The molecule has 4 rings (SSSR count). The number of nitrogens with zero attached hydrogens (tertiary/aromatic N) is 3. The molecular weight excluding hydrogens is 388 g/mol. The number of halogens is 1. The Labute approximate surface area is 163 Å². The summed E-state index contributed by atoms with van der Waals surface area (Å²) >= 11 is 3.61. The van der Waals surface area contributed by atoms with Gasteiger partial charge in [-0.3, -0.25) is 4.68 Å². The third-order valence-electron chi connectivity index (χ3n) is 5.60. The molecule has 3 heterocycles. The van der Waals surface area contributed by atoms with Crippen molar-refractivity contribution in [3.63, 3.8) is 0 Å². The lowest BCUT2D eigenvalue weighted by Gasteiger charge is -2.31. The first kappa shape index (κ1) is 17.8. The number of H-pyrrole nitrogens is 1. The Kier molecular flexibility index (Phi) is 5.18. The normalized spacial score (nSPS) is 16.8. The van der Waals surface area contributed by atoms with Crippen molar-refractivity contribution in [1.82, 2.24) is 19.7 Å². The minimum Gasteiger partial charge on any atom is -0.361 e. The second-order valence-electron chi connectivity index (χ2n) is 7.72. The molecule has 2 aromatic heterocycles. The van der Waals surface area contributed by atoms with Gasteiger partial charge >= 0.3 is 0 Å². The molecule has 1 saturated heterocycles. The highest BCUT2D eigenvalue weighted by Crippen LogP contribution is 2.34. The Bertz CT molecular complexity index is 871. The van der Waals surface area contributed by atoms with Gasteiger partial charge in [0.2, 0.25) is 0 Å². The SMILES string of the molecule is CC(C)n1cc(CCN2CCC(c3c[nH]c4ccc(Br)cc34)CC2)cn1. The Morgan fingerprint density at radius 1 is 1.27 bits per heavy atom. The van der Waals surface area contributed by atoms with Crippen molar-refractivity contribution < 1.29 is 0 Å². The van der Waals surface area contributed by atoms with Crippen LogP contribution in [0.1, 0.15) is 49.8 Å². The molecule has 1 aliphatic heterocycles. The number of hydrogen-bond donors (Lipinski definition) is 1. The zero-order chi connectivity index (χ0) is 18.1. The first-order chi connectivity index (χ1) is 12.6. The van der Waals surface area contributed by atoms with Crippen LogP contribution in [-0.4, -0.2) is 39.3 Å². The number of piperidine rings is 1. The summed E-state index contributed by atoms with van der Waals surface area (Å²) in [7, 11) is 0. The van der Waals surface area contributed by atoms with E-state index < -0.39 is 0 Å². The zero-order valence-electron chi connectivity index (χ0n) is 15.6. The summed E-state index contributed by atoms with van der Waals surface area (Å²) < 4.78 is 3.21. The highest BCUT2D eigenvalue weighted by atomic mass is 79.9. The maximum atomic E-state index is 4.45. The van der Waals surface area contributed by atoms with Crippen molar-refractivity contribution in [2.75, 3.05) is 19.6 Å². The van der Waals surface area contributed by atoms with Crippen LogP contribution in [0.2, 0.25) is 0 Å². The van der Waals surface area contributed by atoms with Crippen LogP contribution in [0.3, 0.4) is 0 Å². The van der Waals surface area contributed by atoms with E-state index in [0.29, 0.717) is 12.0 Å². The molecule has 138 valence electrons. The summed E-state index contributed by atoms with van der Waals surface area (Å²) in [5, 5.41) is 5.83. The fourth-order valence-electron chi connectivity index (χ4n) is 4.00. The predicted molar refractivity (Wildman–Crippen MR) is 111 cm³/mol. The topological polar surface area (TPSA) is 36.9 Å². The van der Waals surface area contributed by atoms with E-state index in [0.717, 1.165) is 17.4 Å². The number of nitrogens with one attached hydrogen (secondary N) is 1. The van der Waals surface area contributed by atoms with E-state index in [9.17, 15) is 0 Å². The fourth-order valence-corrected chi connectivity index (χ4v) is 4.36. The molecule has 1 aromatic carbocycles. The van der Waals surface area contributed by atoms with Gasteiger partial charge in [-0.2, -0.15) is 5.10 Å². The number of likely N-dealkylation sites (tertiary alicyclic amines) is 1. The molecule has 1 N–H and O–H groups in total. The van der Waals surface area contributed by atoms with Crippen LogP contribution < -0.4 is 0 Å². The maximum Gasteiger partial charge on any atom is 0.0522 e. The van der Waals surface area contributed by atoms with Crippen LogP contribution in [0, 0.1) is 0 Å². The van der Waals surface area contributed by atoms with Gasteiger partial charge in [0.15, 0.2) is 0 Å². The van der Waals surface area contributed by atoms with Crippen LogP contribution in [0.25, 0.3) is 10.9 Å². The minimum atomic E-state index is 0.440. The minimum absolute atomic E-state index is 0.440. The fraction of sp³-hybridized carbons (Fsp3) is 0.476. The van der Waals surface area contributed by atoms with Gasteiger partial charge in [0.1, 0.15) is 0 Å². The third kappa shape index (κ3) is 3.74. The lowest BCUT2D eigenvalue weighted by atomic mass is 9.89. The Hall–Kier alpha value is -1.59. The molecule has 0 spiro atoms. The molecule has 1 fully saturated rings. The van der Waals surface area contributed by atoms with Crippen LogP contribution >= 0.6 is 15.9 Å². The number of fused-ring (bicyclic) bond motifs is 1. The molecule has 0 atom stereocenters. The van der Waals surface area contributed by atoms with E-state index in [4.69, 9.17) is 0 Å². The van der Waals surface area contributed by atoms with E-state index in [-0.39, 0.29) is 0 Å². The van der Waals surface area contributed by atoms with Crippen LogP contribution in [0.5, 0.6) is 0 Å². The summed E-state index contributed by atoms with van der Waals surface area (Å²) in [6, 6.07) is 6.96. The molecule has 0 saturated carbocycles. The van der Waals surface area contributed by atoms with Crippen molar-refractivity contribution in [1.29, 1.82) is 0 Å². The Morgan fingerprint density at radius 2 is 2.08 bits per heavy atom. The van der Waals surface area contributed by atoms with Gasteiger partial charge in [-0.15, -0.1) is 0 Å². The molecule has 0 amide bonds. The highest BCUT2D eigenvalue weighted by Gasteiger charge is 2.22. The van der Waals surface area contributed by atoms with Crippen molar-refractivity contribution in [3.8, 4) is 0 Å². The molecule has 3 aromatic rings. The first-order valence-electron chi connectivity index (χ1n) is 9.62. The summed E-state index contributed by atoms with van der Waals surface area (Å²) in [6.07, 6.45) is 10.0. The predicted octanol–water partition coefficient (Wildman–Crippen LogP) is 5.13. The Balaban J connectivity index is 1.34. The second-order valence-corrected chi connectivity index (χ2v) is 8.64. The van der Waals surface area contributed by atoms with Gasteiger partial charge < -0.3 is 9.88 Å². The van der Waals surface area contributed by atoms with Gasteiger partial charge in [0.05, 0.1) is 6.20 Å². The number of hydrogen-bond acceptors (Lipinski definition) is 2. The van der Waals surface area contributed by atoms with Gasteiger partial charge in [-0.1, -0.05) is 15.9 Å². The molecule has 0 unspecified atom stereocenters. The second kappa shape index (κ2) is 7.57. The van der Waals surface area contributed by atoms with Crippen molar-refractivity contribution >= 4 is 26.8 Å². The molecule has 1 aliphatic rings. The smallest absolute Gasteiger partial charge is 0.0522 e. The lowest BCUT2D eigenvalue weighted by Crippen LogP contribution is -2.34. The van der Waals surface area contributed by atoms with E-state index in [1.165, 1.54) is 48.0 Å². The summed E-state index contributed by atoms with van der Waals surface area (Å²) in [5.74, 6) is 0.665. The molecule has 5 heteroatoms. The number of aromatic amines is 1. The lowest BCUT2D eigenvalue weighted by molar-refractivity contribution is 0.215. The van der Waals surface area contributed by atoms with Crippen molar-refractivity contribution in [2.24, 2.45) is 0 Å². The standard InChI is InChI=1S/C21H27BrN4/c1-15(2)26-14-16(12-24-26)5-8-25-9-6-17(7-10-25)20-13-23-21-4-3-18(22)11-19(20)21/h3-4,11-15,17,23H,5-10H2,1-2H3. The molecule has 0 aliphatic carbocycles. The molecule has 26 heavy (non-hydrogen) atoms. The van der Waals surface area contributed by atoms with E-state index in [1.54, 1.807) is 0 Å². The molecular formula is C21H27BrN4. The highest BCUT2D eigenvalue weighted by molar-refractivity contribution is 9.10. The summed E-state index contributed by atoms with van der Waals surface area (Å²) in [4.78, 5) is 6.04. The van der Waals surface area contributed by atoms with Gasteiger partial charge in [0.25, 0.3) is 0 Å². The van der Waals surface area contributed by atoms with E-state index in [2.05, 4.69) is 80.0 Å². The first-order valence-corrected chi connectivity index (χ1v) is 10.4. The Morgan fingerprint density at radius 3 is 2.81 bits per heavy atom. The van der Waals surface area contributed by atoms with Crippen LogP contribution in [0.4, 0.5) is 0 Å². The van der Waals surface area contributed by atoms with Gasteiger partial charge in [-0.25, -0.2) is 0 Å². The van der Waals surface area contributed by atoms with Crippen molar-refractivity contribution in [2.45, 2.75) is 45.1 Å². The monoisotopic (exact) mass is 414 g/mol. The maximum absolute atomic E-state index is 4.45. The zero-order valence-corrected chi connectivity index (χ0v) is 17.2.